The van der Waals surface area contributed by atoms with E-state index in [0.717, 1.165) is 5.69 Å². The van der Waals surface area contributed by atoms with Crippen LogP contribution in [0.1, 0.15) is 5.56 Å². The van der Waals surface area contributed by atoms with E-state index in [1.165, 1.54) is 11.8 Å². The second-order valence-corrected chi connectivity index (χ2v) is 6.74. The highest BCUT2D eigenvalue weighted by molar-refractivity contribution is 8.19. The highest BCUT2D eigenvalue weighted by Gasteiger charge is 2.34. The Bertz CT molecular complexity index is 1030. The lowest BCUT2D eigenvalue weighted by Crippen LogP contribution is -2.28. The van der Waals surface area contributed by atoms with E-state index in [1.54, 1.807) is 41.4 Å². The third-order valence-electron chi connectivity index (χ3n) is 3.90. The fourth-order valence-corrected chi connectivity index (χ4v) is 3.60. The summed E-state index contributed by atoms with van der Waals surface area (Å²) in [5, 5.41) is 10.5. The van der Waals surface area contributed by atoms with Crippen LogP contribution in [0.25, 0.3) is 6.08 Å². The van der Waals surface area contributed by atoms with E-state index in [2.05, 4.69) is 9.98 Å². The number of anilines is 1. The van der Waals surface area contributed by atoms with Crippen LogP contribution >= 0.6 is 11.8 Å². The van der Waals surface area contributed by atoms with E-state index in [9.17, 15) is 9.90 Å². The molecule has 1 N–H and O–H groups in total. The number of carbonyl (C=O) groups is 1. The van der Waals surface area contributed by atoms with Gasteiger partial charge in [-0.1, -0.05) is 42.5 Å². The van der Waals surface area contributed by atoms with Crippen molar-refractivity contribution in [3.05, 3.63) is 89.5 Å². The molecule has 1 aliphatic rings. The Balaban J connectivity index is 1.79. The molecule has 1 aliphatic heterocycles. The summed E-state index contributed by atoms with van der Waals surface area (Å²) in [6.07, 6.45) is 3.34. The lowest BCUT2D eigenvalue weighted by molar-refractivity contribution is -0.113. The summed E-state index contributed by atoms with van der Waals surface area (Å²) in [5.74, 6) is 0.460. The summed E-state index contributed by atoms with van der Waals surface area (Å²) in [7, 11) is 0. The topological polar surface area (TPSA) is 65.8 Å². The maximum absolute atomic E-state index is 13.1. The van der Waals surface area contributed by atoms with Crippen molar-refractivity contribution in [3.8, 4) is 5.75 Å². The van der Waals surface area contributed by atoms with Crippen LogP contribution in [0.5, 0.6) is 5.75 Å². The zero-order valence-electron chi connectivity index (χ0n) is 14.2. The van der Waals surface area contributed by atoms with Gasteiger partial charge in [0, 0.05) is 11.8 Å². The summed E-state index contributed by atoms with van der Waals surface area (Å²) in [6, 6.07) is 21.7. The van der Waals surface area contributed by atoms with E-state index < -0.39 is 0 Å². The number of rotatable bonds is 3. The van der Waals surface area contributed by atoms with E-state index in [0.29, 0.717) is 21.5 Å². The summed E-state index contributed by atoms with van der Waals surface area (Å²) in [4.78, 5) is 23.9. The van der Waals surface area contributed by atoms with E-state index in [-0.39, 0.29) is 11.7 Å². The van der Waals surface area contributed by atoms with Crippen LogP contribution in [0.15, 0.2) is 88.9 Å². The number of phenolic OH excluding ortho intramolecular Hbond substituents is 1. The van der Waals surface area contributed by atoms with E-state index in [4.69, 9.17) is 0 Å². The highest BCUT2D eigenvalue weighted by atomic mass is 32.2. The Labute approximate surface area is 160 Å². The van der Waals surface area contributed by atoms with Gasteiger partial charge in [-0.05, 0) is 48.2 Å². The van der Waals surface area contributed by atoms with Crippen LogP contribution < -0.4 is 4.90 Å². The molecule has 0 spiro atoms. The quantitative estimate of drug-likeness (QED) is 0.682. The largest absolute Gasteiger partial charge is 0.507 e. The number of amidine groups is 1. The van der Waals surface area contributed by atoms with Gasteiger partial charge >= 0.3 is 0 Å². The van der Waals surface area contributed by atoms with Gasteiger partial charge in [-0.3, -0.25) is 9.69 Å². The van der Waals surface area contributed by atoms with Gasteiger partial charge in [0.1, 0.15) is 5.75 Å². The molecule has 1 fully saturated rings. The zero-order valence-corrected chi connectivity index (χ0v) is 15.0. The first-order valence-electron chi connectivity index (χ1n) is 8.29. The Kier molecular flexibility index (Phi) is 4.72. The van der Waals surface area contributed by atoms with Crippen molar-refractivity contribution in [1.29, 1.82) is 0 Å². The van der Waals surface area contributed by atoms with Gasteiger partial charge in [-0.2, -0.15) is 0 Å². The van der Waals surface area contributed by atoms with Crippen LogP contribution in [0.2, 0.25) is 0 Å². The molecule has 6 heteroatoms. The molecule has 2 heterocycles. The summed E-state index contributed by atoms with van der Waals surface area (Å²) in [5.41, 5.74) is 1.31. The molecule has 1 amide bonds. The number of carbonyl (C=O) groups excluding carboxylic acids is 1. The number of aromatic nitrogens is 1. The molecule has 3 aromatic rings. The predicted octanol–water partition coefficient (Wildman–Crippen LogP) is 4.60. The third kappa shape index (κ3) is 3.61. The number of aliphatic imine (C=N–C) groups is 1. The highest BCUT2D eigenvalue weighted by Crippen LogP contribution is 2.37. The number of amides is 1. The van der Waals surface area contributed by atoms with Gasteiger partial charge in [0.2, 0.25) is 0 Å². The number of phenols is 1. The van der Waals surface area contributed by atoms with Gasteiger partial charge in [-0.25, -0.2) is 9.98 Å². The lowest BCUT2D eigenvalue weighted by Gasteiger charge is -2.15. The number of para-hydroxylation sites is 2. The Morgan fingerprint density at radius 1 is 0.963 bits per heavy atom. The van der Waals surface area contributed by atoms with Crippen molar-refractivity contribution < 1.29 is 9.90 Å². The van der Waals surface area contributed by atoms with Gasteiger partial charge < -0.3 is 5.11 Å². The van der Waals surface area contributed by atoms with Crippen LogP contribution in [0, 0.1) is 0 Å². The second-order valence-electron chi connectivity index (χ2n) is 5.73. The van der Waals surface area contributed by atoms with Crippen LogP contribution in [0.3, 0.4) is 0 Å². The van der Waals surface area contributed by atoms with Gasteiger partial charge in [0.15, 0.2) is 11.0 Å². The number of aromatic hydroxyl groups is 1. The molecule has 1 saturated heterocycles. The minimum absolute atomic E-state index is 0.125. The first kappa shape index (κ1) is 17.1. The number of hydrogen-bond acceptors (Lipinski definition) is 5. The molecule has 0 saturated carbocycles. The van der Waals surface area contributed by atoms with E-state index in [1.807, 2.05) is 48.5 Å². The number of thioether (sulfide) groups is 1. The first-order chi connectivity index (χ1) is 13.2. The molecule has 4 rings (SSSR count). The van der Waals surface area contributed by atoms with Crippen molar-refractivity contribution in [2.24, 2.45) is 4.99 Å². The SMILES string of the molecule is O=C1/C(=C/c2ccccc2O)S/C(=N/c2ccccn2)N1c1ccccc1. The third-order valence-corrected chi connectivity index (χ3v) is 4.87. The van der Waals surface area contributed by atoms with Gasteiger partial charge in [-0.15, -0.1) is 0 Å². The van der Waals surface area contributed by atoms with Crippen molar-refractivity contribution in [3.63, 3.8) is 0 Å². The van der Waals surface area contributed by atoms with Crippen LogP contribution in [-0.2, 0) is 4.79 Å². The minimum Gasteiger partial charge on any atom is -0.507 e. The standard InChI is InChI=1S/C21H15N3O2S/c25-17-11-5-4-8-15(17)14-18-20(26)24(16-9-2-1-3-10-16)21(27-18)23-19-12-6-7-13-22-19/h1-14,25H/b18-14-,23-21+. The molecule has 0 atom stereocenters. The maximum atomic E-state index is 13.1. The Morgan fingerprint density at radius 2 is 1.70 bits per heavy atom. The van der Waals surface area contributed by atoms with Crippen molar-refractivity contribution >= 4 is 40.4 Å². The molecule has 132 valence electrons. The fraction of sp³-hybridized carbons (Fsp3) is 0. The van der Waals surface area contributed by atoms with Crippen LogP contribution in [0.4, 0.5) is 11.5 Å². The number of nitrogens with zero attached hydrogens (tertiary/aromatic N) is 3. The van der Waals surface area contributed by atoms with Crippen LogP contribution in [-0.4, -0.2) is 21.2 Å². The lowest BCUT2D eigenvalue weighted by atomic mass is 10.2. The molecule has 0 radical (unpaired) electrons. The smallest absolute Gasteiger partial charge is 0.271 e. The van der Waals surface area contributed by atoms with Gasteiger partial charge in [0.25, 0.3) is 5.91 Å². The van der Waals surface area contributed by atoms with Crippen molar-refractivity contribution in [2.45, 2.75) is 0 Å². The fourth-order valence-electron chi connectivity index (χ4n) is 2.62. The first-order valence-corrected chi connectivity index (χ1v) is 9.11. The van der Waals surface area contributed by atoms with Crippen molar-refractivity contribution in [1.82, 2.24) is 4.98 Å². The molecule has 0 bridgehead atoms. The Morgan fingerprint density at radius 3 is 2.44 bits per heavy atom. The molecule has 1 aromatic heterocycles. The molecular weight excluding hydrogens is 358 g/mol. The summed E-state index contributed by atoms with van der Waals surface area (Å²) in [6.45, 7) is 0. The number of hydrogen-bond donors (Lipinski definition) is 1. The zero-order chi connectivity index (χ0) is 18.6. The average molecular weight is 373 g/mol. The predicted molar refractivity (Wildman–Crippen MR) is 109 cm³/mol. The number of pyridine rings is 1. The van der Waals surface area contributed by atoms with Gasteiger partial charge in [0.05, 0.1) is 10.6 Å². The normalized spacial score (nSPS) is 17.0. The van der Waals surface area contributed by atoms with Crippen molar-refractivity contribution in [2.75, 3.05) is 4.90 Å². The molecular formula is C21H15N3O2S. The number of benzene rings is 2. The summed E-state index contributed by atoms with van der Waals surface area (Å²) >= 11 is 1.26. The summed E-state index contributed by atoms with van der Waals surface area (Å²) < 4.78 is 0. The molecule has 5 nitrogen and oxygen atoms in total. The second kappa shape index (κ2) is 7.47. The molecule has 27 heavy (non-hydrogen) atoms. The molecule has 0 unspecified atom stereocenters. The molecule has 0 aliphatic carbocycles. The Hall–Kier alpha value is -3.38. The molecule has 2 aromatic carbocycles. The maximum Gasteiger partial charge on any atom is 0.271 e. The van der Waals surface area contributed by atoms with E-state index >= 15 is 0 Å². The average Bonchev–Trinajstić information content (AvgIpc) is 3.00. The minimum atomic E-state index is -0.191. The monoisotopic (exact) mass is 373 g/mol.